The standard InChI is InChI=1S/C17H25N3O.ClH/c21-17(13-20-11-4-9-18-10-12-20)19-16-8-3-6-14-5-1-2-7-15(14)16;/h1-2,5,7,16,18H,3-4,6,8-13H2,(H,19,21);1H. The minimum Gasteiger partial charge on any atom is -0.348 e. The number of fused-ring (bicyclic) bond motifs is 1. The molecule has 1 amide bonds. The zero-order valence-corrected chi connectivity index (χ0v) is 13.8. The van der Waals surface area contributed by atoms with Crippen LogP contribution >= 0.6 is 12.4 Å². The second-order valence-electron chi connectivity index (χ2n) is 6.09. The normalized spacial score (nSPS) is 22.1. The van der Waals surface area contributed by atoms with Crippen molar-refractivity contribution in [1.82, 2.24) is 15.5 Å². The maximum Gasteiger partial charge on any atom is 0.234 e. The minimum absolute atomic E-state index is 0. The van der Waals surface area contributed by atoms with Crippen LogP contribution in [0.15, 0.2) is 24.3 Å². The summed E-state index contributed by atoms with van der Waals surface area (Å²) in [6.45, 7) is 4.56. The Kier molecular flexibility index (Phi) is 6.68. The molecule has 1 atom stereocenters. The average molecular weight is 324 g/mol. The molecule has 2 aliphatic rings. The third kappa shape index (κ3) is 4.45. The van der Waals surface area contributed by atoms with Crippen molar-refractivity contribution in [2.75, 3.05) is 32.7 Å². The van der Waals surface area contributed by atoms with Crippen molar-refractivity contribution in [1.29, 1.82) is 0 Å². The van der Waals surface area contributed by atoms with E-state index in [-0.39, 0.29) is 24.4 Å². The maximum absolute atomic E-state index is 12.3. The Labute approximate surface area is 139 Å². The van der Waals surface area contributed by atoms with E-state index >= 15 is 0 Å². The summed E-state index contributed by atoms with van der Waals surface area (Å²) in [5, 5.41) is 6.61. The predicted molar refractivity (Wildman–Crippen MR) is 91.4 cm³/mol. The first-order valence-electron chi connectivity index (χ1n) is 8.13. The summed E-state index contributed by atoms with van der Waals surface area (Å²) in [6, 6.07) is 8.72. The number of halogens is 1. The van der Waals surface area contributed by atoms with Gasteiger partial charge in [-0.15, -0.1) is 12.4 Å². The molecule has 0 radical (unpaired) electrons. The van der Waals surface area contributed by atoms with Gasteiger partial charge in [-0.3, -0.25) is 9.69 Å². The third-order valence-corrected chi connectivity index (χ3v) is 4.50. The molecule has 0 bridgehead atoms. The molecular weight excluding hydrogens is 298 g/mol. The highest BCUT2D eigenvalue weighted by Gasteiger charge is 2.22. The smallest absolute Gasteiger partial charge is 0.234 e. The highest BCUT2D eigenvalue weighted by molar-refractivity contribution is 5.85. The summed E-state index contributed by atoms with van der Waals surface area (Å²) >= 11 is 0. The summed E-state index contributed by atoms with van der Waals surface area (Å²) in [5.74, 6) is 0.165. The number of nitrogens with zero attached hydrogens (tertiary/aromatic N) is 1. The molecule has 5 heteroatoms. The molecule has 1 fully saturated rings. The van der Waals surface area contributed by atoms with Gasteiger partial charge in [0.2, 0.25) is 5.91 Å². The first kappa shape index (κ1) is 17.3. The quantitative estimate of drug-likeness (QED) is 0.893. The first-order valence-corrected chi connectivity index (χ1v) is 8.13. The first-order chi connectivity index (χ1) is 10.3. The lowest BCUT2D eigenvalue weighted by molar-refractivity contribution is -0.123. The number of amides is 1. The fourth-order valence-electron chi connectivity index (χ4n) is 3.41. The van der Waals surface area contributed by atoms with Gasteiger partial charge in [-0.25, -0.2) is 0 Å². The summed E-state index contributed by atoms with van der Waals surface area (Å²) in [4.78, 5) is 14.6. The lowest BCUT2D eigenvalue weighted by Crippen LogP contribution is -2.41. The number of hydrogen-bond donors (Lipinski definition) is 2. The topological polar surface area (TPSA) is 44.4 Å². The Morgan fingerprint density at radius 2 is 2.09 bits per heavy atom. The highest BCUT2D eigenvalue weighted by Crippen LogP contribution is 2.29. The average Bonchev–Trinajstić information content (AvgIpc) is 2.76. The van der Waals surface area contributed by atoms with E-state index in [1.54, 1.807) is 0 Å². The lowest BCUT2D eigenvalue weighted by atomic mass is 9.88. The van der Waals surface area contributed by atoms with E-state index in [2.05, 4.69) is 39.8 Å². The fourth-order valence-corrected chi connectivity index (χ4v) is 3.41. The summed E-state index contributed by atoms with van der Waals surface area (Å²) < 4.78 is 0. The SMILES string of the molecule is Cl.O=C(CN1CCCNCC1)NC1CCCc2ccccc21. The van der Waals surface area contributed by atoms with Gasteiger partial charge in [0.25, 0.3) is 0 Å². The number of carbonyl (C=O) groups is 1. The molecule has 1 heterocycles. The van der Waals surface area contributed by atoms with Gasteiger partial charge in [0.1, 0.15) is 0 Å². The third-order valence-electron chi connectivity index (χ3n) is 4.50. The molecule has 2 N–H and O–H groups in total. The molecular formula is C17H26ClN3O. The molecule has 0 saturated carbocycles. The number of hydrogen-bond acceptors (Lipinski definition) is 3. The molecule has 122 valence electrons. The van der Waals surface area contributed by atoms with Crippen LogP contribution in [-0.2, 0) is 11.2 Å². The maximum atomic E-state index is 12.3. The van der Waals surface area contributed by atoms with E-state index in [4.69, 9.17) is 0 Å². The number of benzene rings is 1. The molecule has 0 spiro atoms. The van der Waals surface area contributed by atoms with Crippen LogP contribution in [0, 0.1) is 0 Å². The van der Waals surface area contributed by atoms with Crippen LogP contribution in [-0.4, -0.2) is 43.5 Å². The molecule has 1 aromatic carbocycles. The van der Waals surface area contributed by atoms with Crippen LogP contribution in [0.5, 0.6) is 0 Å². The van der Waals surface area contributed by atoms with Crippen molar-refractivity contribution < 1.29 is 4.79 Å². The zero-order chi connectivity index (χ0) is 14.5. The van der Waals surface area contributed by atoms with Gasteiger partial charge in [0, 0.05) is 13.1 Å². The van der Waals surface area contributed by atoms with Gasteiger partial charge in [-0.1, -0.05) is 24.3 Å². The number of aryl methyl sites for hydroxylation is 1. The van der Waals surface area contributed by atoms with Gasteiger partial charge in [-0.05, 0) is 49.9 Å². The molecule has 1 saturated heterocycles. The Hall–Kier alpha value is -1.10. The Morgan fingerprint density at radius 3 is 3.00 bits per heavy atom. The van der Waals surface area contributed by atoms with E-state index in [9.17, 15) is 4.79 Å². The number of nitrogens with one attached hydrogen (secondary N) is 2. The van der Waals surface area contributed by atoms with Crippen molar-refractivity contribution in [3.63, 3.8) is 0 Å². The Bertz CT molecular complexity index is 487. The van der Waals surface area contributed by atoms with E-state index in [0.717, 1.165) is 51.9 Å². The summed E-state index contributed by atoms with van der Waals surface area (Å²) in [7, 11) is 0. The van der Waals surface area contributed by atoms with Gasteiger partial charge in [0.15, 0.2) is 0 Å². The Balaban J connectivity index is 0.00000176. The lowest BCUT2D eigenvalue weighted by Gasteiger charge is -2.27. The van der Waals surface area contributed by atoms with Crippen molar-refractivity contribution in [3.05, 3.63) is 35.4 Å². The minimum atomic E-state index is 0. The van der Waals surface area contributed by atoms with E-state index in [0.29, 0.717) is 6.54 Å². The van der Waals surface area contributed by atoms with Crippen LogP contribution in [0.2, 0.25) is 0 Å². The van der Waals surface area contributed by atoms with Gasteiger partial charge in [-0.2, -0.15) is 0 Å². The molecule has 4 nitrogen and oxygen atoms in total. The Morgan fingerprint density at radius 1 is 1.23 bits per heavy atom. The second-order valence-corrected chi connectivity index (χ2v) is 6.09. The van der Waals surface area contributed by atoms with E-state index in [1.807, 2.05) is 0 Å². The van der Waals surface area contributed by atoms with Crippen LogP contribution in [0.25, 0.3) is 0 Å². The van der Waals surface area contributed by atoms with Crippen molar-refractivity contribution in [2.24, 2.45) is 0 Å². The van der Waals surface area contributed by atoms with Crippen LogP contribution in [0.1, 0.15) is 36.4 Å². The molecule has 3 rings (SSSR count). The molecule has 1 aromatic rings. The monoisotopic (exact) mass is 323 g/mol. The molecule has 1 aliphatic carbocycles. The van der Waals surface area contributed by atoms with Crippen LogP contribution in [0.3, 0.4) is 0 Å². The zero-order valence-electron chi connectivity index (χ0n) is 13.0. The molecule has 1 aliphatic heterocycles. The van der Waals surface area contributed by atoms with Crippen molar-refractivity contribution >= 4 is 18.3 Å². The predicted octanol–water partition coefficient (Wildman–Crippen LogP) is 1.90. The molecule has 22 heavy (non-hydrogen) atoms. The van der Waals surface area contributed by atoms with Gasteiger partial charge >= 0.3 is 0 Å². The summed E-state index contributed by atoms with van der Waals surface area (Å²) in [5.41, 5.74) is 2.71. The van der Waals surface area contributed by atoms with Gasteiger partial charge in [0.05, 0.1) is 12.6 Å². The van der Waals surface area contributed by atoms with E-state index in [1.165, 1.54) is 11.1 Å². The highest BCUT2D eigenvalue weighted by atomic mass is 35.5. The van der Waals surface area contributed by atoms with Crippen LogP contribution in [0.4, 0.5) is 0 Å². The fraction of sp³-hybridized carbons (Fsp3) is 0.588. The largest absolute Gasteiger partial charge is 0.348 e. The molecule has 1 unspecified atom stereocenters. The number of carbonyl (C=O) groups excluding carboxylic acids is 1. The van der Waals surface area contributed by atoms with Crippen molar-refractivity contribution in [3.8, 4) is 0 Å². The molecule has 0 aromatic heterocycles. The summed E-state index contributed by atoms with van der Waals surface area (Å²) in [6.07, 6.45) is 4.49. The van der Waals surface area contributed by atoms with Crippen molar-refractivity contribution in [2.45, 2.75) is 31.7 Å². The van der Waals surface area contributed by atoms with Gasteiger partial charge < -0.3 is 10.6 Å². The second kappa shape index (κ2) is 8.51. The van der Waals surface area contributed by atoms with Crippen LogP contribution < -0.4 is 10.6 Å². The van der Waals surface area contributed by atoms with E-state index < -0.39 is 0 Å². The number of rotatable bonds is 3.